The van der Waals surface area contributed by atoms with Gasteiger partial charge in [0, 0.05) is 41.8 Å². The van der Waals surface area contributed by atoms with Crippen LogP contribution in [0, 0.1) is 5.82 Å². The summed E-state index contributed by atoms with van der Waals surface area (Å²) >= 11 is 0. The van der Waals surface area contributed by atoms with Crippen molar-refractivity contribution in [3.63, 3.8) is 0 Å². The fourth-order valence-corrected chi connectivity index (χ4v) is 6.21. The SMILES string of the molecule is Fc1cccc(C2(N3CCC3)CCC3(CC2)NCCc2c3[nH]c3ccccc23)c1. The fourth-order valence-electron chi connectivity index (χ4n) is 6.21. The van der Waals surface area contributed by atoms with Crippen LogP contribution in [-0.4, -0.2) is 29.5 Å². The first-order valence-electron chi connectivity index (χ1n) is 11.1. The van der Waals surface area contributed by atoms with E-state index in [2.05, 4.69) is 45.5 Å². The molecule has 29 heavy (non-hydrogen) atoms. The highest BCUT2D eigenvalue weighted by Gasteiger charge is 2.50. The second-order valence-corrected chi connectivity index (χ2v) is 9.17. The molecule has 0 atom stereocenters. The molecule has 3 heterocycles. The van der Waals surface area contributed by atoms with Crippen molar-refractivity contribution in [3.05, 3.63) is 71.2 Å². The van der Waals surface area contributed by atoms with Crippen LogP contribution >= 0.6 is 0 Å². The lowest BCUT2D eigenvalue weighted by molar-refractivity contribution is -0.0257. The molecule has 0 bridgehead atoms. The van der Waals surface area contributed by atoms with E-state index in [4.69, 9.17) is 0 Å². The van der Waals surface area contributed by atoms with Crippen LogP contribution in [0.15, 0.2) is 48.5 Å². The van der Waals surface area contributed by atoms with Crippen LogP contribution in [0.2, 0.25) is 0 Å². The maximum Gasteiger partial charge on any atom is 0.123 e. The number of H-pyrrole nitrogens is 1. The van der Waals surface area contributed by atoms with Crippen molar-refractivity contribution in [3.8, 4) is 0 Å². The Labute approximate surface area is 171 Å². The van der Waals surface area contributed by atoms with Gasteiger partial charge in [0.2, 0.25) is 0 Å². The first-order valence-corrected chi connectivity index (χ1v) is 11.1. The molecule has 150 valence electrons. The Bertz CT molecular complexity index is 1060. The van der Waals surface area contributed by atoms with E-state index in [1.165, 1.54) is 34.1 Å². The Kier molecular flexibility index (Phi) is 3.91. The van der Waals surface area contributed by atoms with E-state index in [1.807, 2.05) is 6.07 Å². The largest absolute Gasteiger partial charge is 0.357 e. The van der Waals surface area contributed by atoms with Crippen molar-refractivity contribution in [2.45, 2.75) is 49.6 Å². The quantitative estimate of drug-likeness (QED) is 0.658. The number of benzene rings is 2. The Morgan fingerprint density at radius 2 is 1.76 bits per heavy atom. The van der Waals surface area contributed by atoms with Crippen LogP contribution in [0.25, 0.3) is 10.9 Å². The average molecular weight is 390 g/mol. The predicted octanol–water partition coefficient (Wildman–Crippen LogP) is 4.82. The number of hydrogen-bond donors (Lipinski definition) is 2. The number of aromatic nitrogens is 1. The summed E-state index contributed by atoms with van der Waals surface area (Å²) in [5, 5.41) is 5.29. The number of nitrogens with zero attached hydrogens (tertiary/aromatic N) is 1. The molecule has 1 aromatic heterocycles. The Hall–Kier alpha value is -2.17. The van der Waals surface area contributed by atoms with Gasteiger partial charge < -0.3 is 10.3 Å². The molecule has 3 aliphatic rings. The predicted molar refractivity (Wildman–Crippen MR) is 114 cm³/mol. The third kappa shape index (κ3) is 2.55. The number of nitrogens with one attached hydrogen (secondary N) is 2. The molecule has 2 aliphatic heterocycles. The van der Waals surface area contributed by atoms with Gasteiger partial charge in [-0.2, -0.15) is 0 Å². The number of hydrogen-bond acceptors (Lipinski definition) is 2. The van der Waals surface area contributed by atoms with Crippen LogP contribution in [0.5, 0.6) is 0 Å². The van der Waals surface area contributed by atoms with Crippen LogP contribution in [-0.2, 0) is 17.5 Å². The second kappa shape index (κ2) is 6.41. The standard InChI is InChI=1S/C25H28FN3/c26-19-6-3-5-18(17-19)25(29-15-4-16-29)12-10-24(11-13-25)23-21(9-14-27-24)20-7-1-2-8-22(20)28-23/h1-3,5-8,17,27-28H,4,9-16H2. The van der Waals surface area contributed by atoms with Crippen molar-refractivity contribution in [1.82, 2.24) is 15.2 Å². The van der Waals surface area contributed by atoms with Crippen molar-refractivity contribution in [2.75, 3.05) is 19.6 Å². The summed E-state index contributed by atoms with van der Waals surface area (Å²) in [6.45, 7) is 3.30. The average Bonchev–Trinajstić information content (AvgIpc) is 3.09. The highest BCUT2D eigenvalue weighted by molar-refractivity contribution is 5.85. The molecular weight excluding hydrogens is 361 g/mol. The number of aromatic amines is 1. The summed E-state index contributed by atoms with van der Waals surface area (Å²) < 4.78 is 14.1. The van der Waals surface area contributed by atoms with Crippen LogP contribution < -0.4 is 5.32 Å². The smallest absolute Gasteiger partial charge is 0.123 e. The topological polar surface area (TPSA) is 31.1 Å². The molecule has 2 aromatic carbocycles. The first-order chi connectivity index (χ1) is 14.2. The molecule has 1 saturated heterocycles. The molecule has 1 spiro atoms. The van der Waals surface area contributed by atoms with Gasteiger partial charge in [-0.25, -0.2) is 4.39 Å². The molecule has 0 unspecified atom stereocenters. The zero-order valence-electron chi connectivity index (χ0n) is 16.8. The Morgan fingerprint density at radius 3 is 2.52 bits per heavy atom. The minimum absolute atomic E-state index is 0.0170. The van der Waals surface area contributed by atoms with Gasteiger partial charge in [0.25, 0.3) is 0 Å². The number of fused-ring (bicyclic) bond motifs is 4. The van der Waals surface area contributed by atoms with E-state index in [0.29, 0.717) is 0 Å². The third-order valence-corrected chi connectivity index (χ3v) is 7.88. The Balaban J connectivity index is 1.39. The summed E-state index contributed by atoms with van der Waals surface area (Å²) in [6, 6.07) is 16.1. The molecule has 3 aromatic rings. The van der Waals surface area contributed by atoms with Crippen molar-refractivity contribution in [2.24, 2.45) is 0 Å². The molecule has 1 saturated carbocycles. The van der Waals surface area contributed by atoms with Gasteiger partial charge in [0.15, 0.2) is 0 Å². The van der Waals surface area contributed by atoms with E-state index in [9.17, 15) is 4.39 Å². The molecule has 2 N–H and O–H groups in total. The van der Waals surface area contributed by atoms with E-state index >= 15 is 0 Å². The van der Waals surface area contributed by atoms with E-state index in [-0.39, 0.29) is 16.9 Å². The van der Waals surface area contributed by atoms with Gasteiger partial charge in [0.05, 0.1) is 5.54 Å². The minimum Gasteiger partial charge on any atom is -0.357 e. The van der Waals surface area contributed by atoms with Crippen LogP contribution in [0.1, 0.15) is 48.9 Å². The van der Waals surface area contributed by atoms with Gasteiger partial charge in [-0.15, -0.1) is 0 Å². The minimum atomic E-state index is -0.114. The molecular formula is C25H28FN3. The zero-order chi connectivity index (χ0) is 19.5. The lowest BCUT2D eigenvalue weighted by Gasteiger charge is -2.55. The fraction of sp³-hybridized carbons (Fsp3) is 0.440. The molecule has 3 nitrogen and oxygen atoms in total. The van der Waals surface area contributed by atoms with Crippen molar-refractivity contribution >= 4 is 10.9 Å². The second-order valence-electron chi connectivity index (χ2n) is 9.17. The van der Waals surface area contributed by atoms with Gasteiger partial charge in [-0.05, 0) is 67.9 Å². The van der Waals surface area contributed by atoms with Crippen LogP contribution in [0.3, 0.4) is 0 Å². The van der Waals surface area contributed by atoms with Gasteiger partial charge in [-0.3, -0.25) is 4.90 Å². The van der Waals surface area contributed by atoms with Crippen molar-refractivity contribution in [1.29, 1.82) is 0 Å². The van der Waals surface area contributed by atoms with E-state index < -0.39 is 0 Å². The third-order valence-electron chi connectivity index (χ3n) is 7.88. The molecule has 6 rings (SSSR count). The van der Waals surface area contributed by atoms with E-state index in [0.717, 1.165) is 51.7 Å². The first kappa shape index (κ1) is 17.7. The summed E-state index contributed by atoms with van der Waals surface area (Å²) in [7, 11) is 0. The maximum absolute atomic E-state index is 14.1. The zero-order valence-corrected chi connectivity index (χ0v) is 16.8. The number of likely N-dealkylation sites (tertiary alicyclic amines) is 1. The maximum atomic E-state index is 14.1. The van der Waals surface area contributed by atoms with Crippen molar-refractivity contribution < 1.29 is 4.39 Å². The highest BCUT2D eigenvalue weighted by atomic mass is 19.1. The summed E-state index contributed by atoms with van der Waals surface area (Å²) in [5.41, 5.74) is 5.33. The van der Waals surface area contributed by atoms with Gasteiger partial charge in [-0.1, -0.05) is 30.3 Å². The van der Waals surface area contributed by atoms with Gasteiger partial charge in [0.1, 0.15) is 5.82 Å². The lowest BCUT2D eigenvalue weighted by Crippen LogP contribution is -2.59. The highest BCUT2D eigenvalue weighted by Crippen LogP contribution is 2.52. The summed E-state index contributed by atoms with van der Waals surface area (Å²) in [5.74, 6) is -0.114. The Morgan fingerprint density at radius 1 is 0.931 bits per heavy atom. The molecule has 0 radical (unpaired) electrons. The molecule has 1 aliphatic carbocycles. The number of rotatable bonds is 2. The lowest BCUT2D eigenvalue weighted by atomic mass is 9.65. The normalized spacial score (nSPS) is 29.7. The molecule has 0 amide bonds. The molecule has 4 heteroatoms. The van der Waals surface area contributed by atoms with Crippen LogP contribution in [0.4, 0.5) is 4.39 Å². The van der Waals surface area contributed by atoms with Gasteiger partial charge >= 0.3 is 0 Å². The number of para-hydroxylation sites is 1. The monoisotopic (exact) mass is 389 g/mol. The summed E-state index contributed by atoms with van der Waals surface area (Å²) in [4.78, 5) is 6.37. The summed E-state index contributed by atoms with van der Waals surface area (Å²) in [6.07, 6.45) is 6.64. The molecule has 2 fully saturated rings. The number of halogens is 1. The van der Waals surface area contributed by atoms with E-state index in [1.54, 1.807) is 12.1 Å².